The number of benzene rings is 2. The van der Waals surface area contributed by atoms with E-state index in [1.165, 1.54) is 13.0 Å². The van der Waals surface area contributed by atoms with Crippen LogP contribution in [0.2, 0.25) is 0 Å². The average Bonchev–Trinajstić information content (AvgIpc) is 2.70. The number of piperidine rings is 1. The maximum Gasteiger partial charge on any atom is 0.321 e. The van der Waals surface area contributed by atoms with Gasteiger partial charge in [-0.3, -0.25) is 9.59 Å². The number of Topliss-reactive ketones (excluding diaryl/α,β-unsaturated/α-hetero) is 1. The van der Waals surface area contributed by atoms with Crippen LogP contribution in [0.5, 0.6) is 5.75 Å². The predicted molar refractivity (Wildman–Crippen MR) is 106 cm³/mol. The molecule has 2 aromatic rings. The summed E-state index contributed by atoms with van der Waals surface area (Å²) in [6.45, 7) is 2.43. The number of phenols is 1. The number of anilines is 2. The van der Waals surface area contributed by atoms with Gasteiger partial charge in [-0.25, -0.2) is 4.79 Å². The first kappa shape index (κ1) is 19.4. The van der Waals surface area contributed by atoms with Gasteiger partial charge in [-0.1, -0.05) is 12.1 Å². The van der Waals surface area contributed by atoms with E-state index in [1.807, 2.05) is 0 Å². The third kappa shape index (κ3) is 4.68. The molecule has 7 heteroatoms. The van der Waals surface area contributed by atoms with Crippen molar-refractivity contribution < 1.29 is 19.5 Å². The summed E-state index contributed by atoms with van der Waals surface area (Å²) in [5.41, 5.74) is 1.60. The number of ketones is 1. The molecule has 3 amide bonds. The Kier molecular flexibility index (Phi) is 5.93. The molecule has 0 aliphatic carbocycles. The van der Waals surface area contributed by atoms with Gasteiger partial charge in [0, 0.05) is 30.3 Å². The van der Waals surface area contributed by atoms with E-state index in [0.29, 0.717) is 42.9 Å². The fourth-order valence-electron chi connectivity index (χ4n) is 3.15. The number of urea groups is 1. The van der Waals surface area contributed by atoms with Crippen molar-refractivity contribution in [2.45, 2.75) is 19.8 Å². The van der Waals surface area contributed by atoms with Gasteiger partial charge in [0.2, 0.25) is 5.91 Å². The summed E-state index contributed by atoms with van der Waals surface area (Å²) in [6.07, 6.45) is 1.10. The molecule has 1 aliphatic heterocycles. The first-order chi connectivity index (χ1) is 13.4. The van der Waals surface area contributed by atoms with Gasteiger partial charge < -0.3 is 20.6 Å². The van der Waals surface area contributed by atoms with Crippen LogP contribution in [0.4, 0.5) is 16.2 Å². The highest BCUT2D eigenvalue weighted by molar-refractivity contribution is 5.96. The van der Waals surface area contributed by atoms with Crippen molar-refractivity contribution in [2.24, 2.45) is 5.92 Å². The fraction of sp³-hybridized carbons (Fsp3) is 0.286. The van der Waals surface area contributed by atoms with Gasteiger partial charge in [-0.15, -0.1) is 0 Å². The molecule has 0 unspecified atom stereocenters. The van der Waals surface area contributed by atoms with Gasteiger partial charge in [0.15, 0.2) is 5.78 Å². The molecule has 1 heterocycles. The van der Waals surface area contributed by atoms with Crippen LogP contribution < -0.4 is 10.6 Å². The van der Waals surface area contributed by atoms with Crippen molar-refractivity contribution >= 4 is 29.1 Å². The van der Waals surface area contributed by atoms with E-state index in [4.69, 9.17) is 0 Å². The van der Waals surface area contributed by atoms with Crippen molar-refractivity contribution in [3.63, 3.8) is 0 Å². The van der Waals surface area contributed by atoms with Crippen molar-refractivity contribution in [1.29, 1.82) is 0 Å². The zero-order valence-corrected chi connectivity index (χ0v) is 15.6. The number of aromatic hydroxyl groups is 1. The maximum absolute atomic E-state index is 12.4. The number of hydrogen-bond donors (Lipinski definition) is 3. The van der Waals surface area contributed by atoms with Crippen LogP contribution in [0.3, 0.4) is 0 Å². The number of likely N-dealkylation sites (tertiary alicyclic amines) is 1. The Morgan fingerprint density at radius 2 is 1.61 bits per heavy atom. The van der Waals surface area contributed by atoms with Crippen LogP contribution in [0, 0.1) is 5.92 Å². The van der Waals surface area contributed by atoms with E-state index in [2.05, 4.69) is 10.6 Å². The molecule has 0 radical (unpaired) electrons. The molecule has 1 aliphatic rings. The average molecular weight is 381 g/mol. The zero-order valence-electron chi connectivity index (χ0n) is 15.6. The summed E-state index contributed by atoms with van der Waals surface area (Å²) in [7, 11) is 0. The summed E-state index contributed by atoms with van der Waals surface area (Å²) in [5, 5.41) is 15.3. The minimum atomic E-state index is -0.227. The normalized spacial score (nSPS) is 14.4. The molecule has 3 rings (SSSR count). The highest BCUT2D eigenvalue weighted by Gasteiger charge is 2.27. The van der Waals surface area contributed by atoms with Crippen molar-refractivity contribution in [2.75, 3.05) is 23.7 Å². The minimum Gasteiger partial charge on any atom is -0.506 e. The molecule has 1 saturated heterocycles. The van der Waals surface area contributed by atoms with E-state index in [-0.39, 0.29) is 29.4 Å². The van der Waals surface area contributed by atoms with E-state index in [1.54, 1.807) is 47.4 Å². The van der Waals surface area contributed by atoms with Crippen LogP contribution in [-0.2, 0) is 4.79 Å². The third-order valence-corrected chi connectivity index (χ3v) is 4.86. The van der Waals surface area contributed by atoms with Crippen LogP contribution in [0.1, 0.15) is 30.1 Å². The Morgan fingerprint density at radius 3 is 2.21 bits per heavy atom. The number of hydrogen-bond acceptors (Lipinski definition) is 4. The van der Waals surface area contributed by atoms with Crippen LogP contribution >= 0.6 is 0 Å². The summed E-state index contributed by atoms with van der Waals surface area (Å²) >= 11 is 0. The maximum atomic E-state index is 12.4. The number of nitrogens with one attached hydrogen (secondary N) is 2. The molecule has 28 heavy (non-hydrogen) atoms. The predicted octanol–water partition coefficient (Wildman–Crippen LogP) is 3.48. The second kappa shape index (κ2) is 8.56. The lowest BCUT2D eigenvalue weighted by Crippen LogP contribution is -2.43. The first-order valence-electron chi connectivity index (χ1n) is 9.20. The first-order valence-corrected chi connectivity index (χ1v) is 9.20. The molecular formula is C21H23N3O4. The topological polar surface area (TPSA) is 98.7 Å². The van der Waals surface area contributed by atoms with Gasteiger partial charge in [0.05, 0.1) is 5.69 Å². The molecule has 2 aromatic carbocycles. The van der Waals surface area contributed by atoms with Crippen molar-refractivity contribution in [3.05, 3.63) is 54.1 Å². The Hall–Kier alpha value is -3.35. The minimum absolute atomic E-state index is 0.0259. The lowest BCUT2D eigenvalue weighted by Gasteiger charge is -2.31. The largest absolute Gasteiger partial charge is 0.506 e. The lowest BCUT2D eigenvalue weighted by atomic mass is 9.96. The Balaban J connectivity index is 1.50. The number of amides is 3. The standard InChI is InChI=1S/C21H23N3O4/c1-14(25)15-6-8-17(9-7-15)22-21(28)24-12-10-16(11-13-24)20(27)23-18-4-2-3-5-19(18)26/h2-9,16,26H,10-13H2,1H3,(H,22,28)(H,23,27). The summed E-state index contributed by atoms with van der Waals surface area (Å²) in [6, 6.07) is 13.1. The van der Waals surface area contributed by atoms with Crippen LogP contribution in [0.25, 0.3) is 0 Å². The number of carbonyl (C=O) groups excluding carboxylic acids is 3. The van der Waals surface area contributed by atoms with Gasteiger partial charge in [0.25, 0.3) is 0 Å². The molecule has 1 fully saturated rings. The molecule has 0 spiro atoms. The molecular weight excluding hydrogens is 358 g/mol. The second-order valence-electron chi connectivity index (χ2n) is 6.83. The number of rotatable bonds is 4. The quantitative estimate of drug-likeness (QED) is 0.558. The molecule has 0 saturated carbocycles. The van der Waals surface area contributed by atoms with Crippen LogP contribution in [-0.4, -0.2) is 40.8 Å². The van der Waals surface area contributed by atoms with Gasteiger partial charge >= 0.3 is 6.03 Å². The Bertz CT molecular complexity index is 871. The number of para-hydroxylation sites is 2. The van der Waals surface area contributed by atoms with E-state index >= 15 is 0 Å². The third-order valence-electron chi connectivity index (χ3n) is 4.86. The van der Waals surface area contributed by atoms with Gasteiger partial charge in [-0.2, -0.15) is 0 Å². The smallest absolute Gasteiger partial charge is 0.321 e. The highest BCUT2D eigenvalue weighted by Crippen LogP contribution is 2.25. The summed E-state index contributed by atoms with van der Waals surface area (Å²) in [4.78, 5) is 37.8. The van der Waals surface area contributed by atoms with Crippen molar-refractivity contribution in [1.82, 2.24) is 4.90 Å². The zero-order chi connectivity index (χ0) is 20.1. The molecule has 7 nitrogen and oxygen atoms in total. The lowest BCUT2D eigenvalue weighted by molar-refractivity contribution is -0.121. The van der Waals surface area contributed by atoms with E-state index < -0.39 is 0 Å². The molecule has 0 bridgehead atoms. The summed E-state index contributed by atoms with van der Waals surface area (Å²) in [5.74, 6) is -0.356. The summed E-state index contributed by atoms with van der Waals surface area (Å²) < 4.78 is 0. The van der Waals surface area contributed by atoms with Crippen molar-refractivity contribution in [3.8, 4) is 5.75 Å². The molecule has 146 valence electrons. The Morgan fingerprint density at radius 1 is 0.964 bits per heavy atom. The molecule has 3 N–H and O–H groups in total. The van der Waals surface area contributed by atoms with E-state index in [9.17, 15) is 19.5 Å². The molecule has 0 aromatic heterocycles. The fourth-order valence-corrected chi connectivity index (χ4v) is 3.15. The highest BCUT2D eigenvalue weighted by atomic mass is 16.3. The molecule has 0 atom stereocenters. The number of nitrogens with zero attached hydrogens (tertiary/aromatic N) is 1. The monoisotopic (exact) mass is 381 g/mol. The Labute approximate surface area is 163 Å². The number of phenolic OH excluding ortho intramolecular Hbond substituents is 1. The van der Waals surface area contributed by atoms with Gasteiger partial charge in [0.1, 0.15) is 5.75 Å². The van der Waals surface area contributed by atoms with Crippen LogP contribution in [0.15, 0.2) is 48.5 Å². The van der Waals surface area contributed by atoms with E-state index in [0.717, 1.165) is 0 Å². The SMILES string of the molecule is CC(=O)c1ccc(NC(=O)N2CCC(C(=O)Nc3ccccc3O)CC2)cc1. The second-order valence-corrected chi connectivity index (χ2v) is 6.83. The van der Waals surface area contributed by atoms with Gasteiger partial charge in [-0.05, 0) is 56.2 Å². The number of carbonyl (C=O) groups is 3.